The number of aromatic nitrogens is 2. The Kier molecular flexibility index (Phi) is 5.54. The molecule has 3 N–H and O–H groups in total. The van der Waals surface area contributed by atoms with E-state index >= 15 is 0 Å². The van der Waals surface area contributed by atoms with Gasteiger partial charge in [-0.15, -0.1) is 0 Å². The SMILES string of the molecule is C=CCOC(=O)c1sc(NC(=O)CN2C(=O)COc3ccc(N)nc32)nc1C. The quantitative estimate of drug-likeness (QED) is 0.541. The van der Waals surface area contributed by atoms with Crippen molar-refractivity contribution in [3.8, 4) is 5.75 Å². The van der Waals surface area contributed by atoms with Crippen LogP contribution in [0.3, 0.4) is 0 Å². The van der Waals surface area contributed by atoms with Crippen LogP contribution in [0.5, 0.6) is 5.75 Å². The zero-order valence-corrected chi connectivity index (χ0v) is 15.7. The molecule has 0 fully saturated rings. The molecule has 28 heavy (non-hydrogen) atoms. The van der Waals surface area contributed by atoms with Crippen molar-refractivity contribution in [2.45, 2.75) is 6.92 Å². The lowest BCUT2D eigenvalue weighted by atomic mass is 10.3. The highest BCUT2D eigenvalue weighted by atomic mass is 32.1. The third-order valence-corrected chi connectivity index (χ3v) is 4.68. The van der Waals surface area contributed by atoms with Gasteiger partial charge in [-0.05, 0) is 19.1 Å². The number of hydrogen-bond acceptors (Lipinski definition) is 9. The Labute approximate surface area is 164 Å². The van der Waals surface area contributed by atoms with Gasteiger partial charge < -0.3 is 20.5 Å². The maximum absolute atomic E-state index is 12.4. The molecule has 0 saturated heterocycles. The van der Waals surface area contributed by atoms with Crippen molar-refractivity contribution in [3.63, 3.8) is 0 Å². The second kappa shape index (κ2) is 8.05. The molecule has 0 bridgehead atoms. The van der Waals surface area contributed by atoms with Gasteiger partial charge in [-0.2, -0.15) is 0 Å². The van der Waals surface area contributed by atoms with Gasteiger partial charge in [-0.1, -0.05) is 24.0 Å². The molecule has 3 rings (SSSR count). The van der Waals surface area contributed by atoms with E-state index in [2.05, 4.69) is 21.9 Å². The first-order chi connectivity index (χ1) is 13.4. The average molecular weight is 403 g/mol. The summed E-state index contributed by atoms with van der Waals surface area (Å²) in [4.78, 5) is 46.2. The Hall–Kier alpha value is -3.47. The molecule has 0 radical (unpaired) electrons. The third-order valence-electron chi connectivity index (χ3n) is 3.63. The summed E-state index contributed by atoms with van der Waals surface area (Å²) in [6.45, 7) is 4.67. The van der Waals surface area contributed by atoms with Crippen LogP contribution in [0.15, 0.2) is 24.8 Å². The van der Waals surface area contributed by atoms with Crippen LogP contribution in [0.1, 0.15) is 15.4 Å². The van der Waals surface area contributed by atoms with E-state index in [-0.39, 0.29) is 41.4 Å². The molecular weight excluding hydrogens is 386 g/mol. The smallest absolute Gasteiger partial charge is 0.350 e. The van der Waals surface area contributed by atoms with E-state index in [0.717, 1.165) is 11.3 Å². The molecular formula is C17H17N5O5S. The van der Waals surface area contributed by atoms with Crippen molar-refractivity contribution in [3.05, 3.63) is 35.4 Å². The number of carbonyl (C=O) groups is 3. The van der Waals surface area contributed by atoms with E-state index in [1.54, 1.807) is 13.0 Å². The van der Waals surface area contributed by atoms with E-state index < -0.39 is 17.8 Å². The van der Waals surface area contributed by atoms with Crippen molar-refractivity contribution in [1.29, 1.82) is 0 Å². The standard InChI is InChI=1S/C17H17N5O5S/c1-3-6-26-16(25)14-9(2)19-17(28-14)21-12(23)7-22-13(24)8-27-10-4-5-11(18)20-15(10)22/h3-5H,1,6-8H2,2H3,(H2,18,20)(H,19,21,23). The molecule has 0 atom stereocenters. The van der Waals surface area contributed by atoms with E-state index in [9.17, 15) is 14.4 Å². The number of rotatable bonds is 6. The number of aryl methyl sites for hydroxylation is 1. The molecule has 0 saturated carbocycles. The Balaban J connectivity index is 1.71. The molecule has 1 aliphatic heterocycles. The predicted molar refractivity (Wildman–Crippen MR) is 102 cm³/mol. The fraction of sp³-hybridized carbons (Fsp3) is 0.235. The fourth-order valence-corrected chi connectivity index (χ4v) is 3.27. The first kappa shape index (κ1) is 19.3. The first-order valence-corrected chi connectivity index (χ1v) is 8.95. The number of nitrogens with two attached hydrogens (primary N) is 1. The van der Waals surface area contributed by atoms with Gasteiger partial charge in [0.2, 0.25) is 5.91 Å². The molecule has 11 heteroatoms. The number of anilines is 3. The lowest BCUT2D eigenvalue weighted by Gasteiger charge is -2.27. The minimum atomic E-state index is -0.549. The molecule has 3 heterocycles. The molecule has 146 valence electrons. The Morgan fingerprint density at radius 2 is 2.25 bits per heavy atom. The number of hydrogen-bond donors (Lipinski definition) is 2. The minimum absolute atomic E-state index is 0.0759. The highest BCUT2D eigenvalue weighted by molar-refractivity contribution is 7.17. The monoisotopic (exact) mass is 403 g/mol. The lowest BCUT2D eigenvalue weighted by molar-refractivity contribution is -0.123. The van der Waals surface area contributed by atoms with Crippen LogP contribution in [0.25, 0.3) is 0 Å². The molecule has 2 aromatic heterocycles. The predicted octanol–water partition coefficient (Wildman–Crippen LogP) is 1.14. The molecule has 10 nitrogen and oxygen atoms in total. The Morgan fingerprint density at radius 3 is 3.00 bits per heavy atom. The van der Waals surface area contributed by atoms with Gasteiger partial charge in [0.25, 0.3) is 5.91 Å². The molecule has 2 amide bonds. The summed E-state index contributed by atoms with van der Waals surface area (Å²) in [6, 6.07) is 3.12. The number of ether oxygens (including phenoxy) is 2. The van der Waals surface area contributed by atoms with Crippen molar-refractivity contribution in [1.82, 2.24) is 9.97 Å². The van der Waals surface area contributed by atoms with Crippen molar-refractivity contribution < 1.29 is 23.9 Å². The second-order valence-electron chi connectivity index (χ2n) is 5.70. The largest absolute Gasteiger partial charge is 0.480 e. The first-order valence-electron chi connectivity index (χ1n) is 8.14. The summed E-state index contributed by atoms with van der Waals surface area (Å²) in [6.07, 6.45) is 1.45. The maximum Gasteiger partial charge on any atom is 0.350 e. The highest BCUT2D eigenvalue weighted by Crippen LogP contribution is 2.30. The third kappa shape index (κ3) is 4.09. The van der Waals surface area contributed by atoms with Gasteiger partial charge >= 0.3 is 5.97 Å². The zero-order chi connectivity index (χ0) is 20.3. The fourth-order valence-electron chi connectivity index (χ4n) is 2.40. The molecule has 0 aliphatic carbocycles. The number of fused-ring (bicyclic) bond motifs is 1. The normalized spacial score (nSPS) is 12.8. The van der Waals surface area contributed by atoms with Crippen LogP contribution in [-0.4, -0.2) is 47.5 Å². The van der Waals surface area contributed by atoms with Crippen LogP contribution in [0, 0.1) is 6.92 Å². The van der Waals surface area contributed by atoms with Crippen LogP contribution in [0.4, 0.5) is 16.8 Å². The van der Waals surface area contributed by atoms with E-state index in [4.69, 9.17) is 15.2 Å². The summed E-state index contributed by atoms with van der Waals surface area (Å²) >= 11 is 0.982. The molecule has 1 aliphatic rings. The van der Waals surface area contributed by atoms with Gasteiger partial charge in [0, 0.05) is 0 Å². The summed E-state index contributed by atoms with van der Waals surface area (Å²) < 4.78 is 10.3. The van der Waals surface area contributed by atoms with Gasteiger partial charge in [0.1, 0.15) is 23.8 Å². The van der Waals surface area contributed by atoms with Crippen LogP contribution < -0.4 is 20.7 Å². The molecule has 0 spiro atoms. The van der Waals surface area contributed by atoms with Gasteiger partial charge in [-0.25, -0.2) is 14.8 Å². The lowest BCUT2D eigenvalue weighted by Crippen LogP contribution is -2.44. The van der Waals surface area contributed by atoms with Crippen molar-refractivity contribution >= 4 is 45.9 Å². The second-order valence-corrected chi connectivity index (χ2v) is 6.69. The zero-order valence-electron chi connectivity index (χ0n) is 14.9. The average Bonchev–Trinajstić information content (AvgIpc) is 3.02. The topological polar surface area (TPSA) is 137 Å². The minimum Gasteiger partial charge on any atom is -0.480 e. The number of nitrogens with zero attached hydrogens (tertiary/aromatic N) is 3. The van der Waals surface area contributed by atoms with Crippen molar-refractivity contribution in [2.24, 2.45) is 0 Å². The Bertz CT molecular complexity index is 957. The van der Waals surface area contributed by atoms with Gasteiger partial charge in [0.05, 0.1) is 5.69 Å². The summed E-state index contributed by atoms with van der Waals surface area (Å²) in [5.74, 6) is -0.752. The summed E-state index contributed by atoms with van der Waals surface area (Å²) in [7, 11) is 0. The highest BCUT2D eigenvalue weighted by Gasteiger charge is 2.29. The van der Waals surface area contributed by atoms with E-state index in [0.29, 0.717) is 11.4 Å². The van der Waals surface area contributed by atoms with Gasteiger partial charge in [-0.3, -0.25) is 14.5 Å². The number of pyridine rings is 1. The van der Waals surface area contributed by atoms with Crippen molar-refractivity contribution in [2.75, 3.05) is 35.7 Å². The number of nitrogens with one attached hydrogen (secondary N) is 1. The molecule has 2 aromatic rings. The summed E-state index contributed by atoms with van der Waals surface area (Å²) in [5.41, 5.74) is 6.09. The number of amides is 2. The molecule has 0 aromatic carbocycles. The van der Waals surface area contributed by atoms with E-state index in [1.165, 1.54) is 17.0 Å². The van der Waals surface area contributed by atoms with E-state index in [1.807, 2.05) is 0 Å². The van der Waals surface area contributed by atoms with Gasteiger partial charge in [0.15, 0.2) is 23.3 Å². The molecule has 0 unspecified atom stereocenters. The maximum atomic E-state index is 12.4. The van der Waals surface area contributed by atoms with Crippen LogP contribution >= 0.6 is 11.3 Å². The number of thiazole rings is 1. The number of esters is 1. The summed E-state index contributed by atoms with van der Waals surface area (Å²) in [5, 5.41) is 2.79. The number of nitrogen functional groups attached to an aromatic ring is 1. The van der Waals surface area contributed by atoms with Crippen LogP contribution in [0.2, 0.25) is 0 Å². The Morgan fingerprint density at radius 1 is 1.46 bits per heavy atom. The van der Waals surface area contributed by atoms with Crippen LogP contribution in [-0.2, 0) is 14.3 Å². The number of carbonyl (C=O) groups excluding carboxylic acids is 3.